The maximum absolute atomic E-state index is 16.4. The SMILES string of the molecule is COc1cc(C(=O)N2CCC[C@H]3CCN(c4ccc5c(c4)CN(C4CCC(=O)NC4=O)C5=O)C[C@H]32)ccc1NC(=O)[C@@H]1N[C@@H](CC(C)(C)C)[C@@]2(CNc3cc(Cl)ccc32)[C@H]1c1cccc(Cl)c1F. The van der Waals surface area contributed by atoms with Crippen LogP contribution in [0.1, 0.15) is 103 Å². The number of anilines is 3. The minimum absolute atomic E-state index is 0.0257. The Kier molecular flexibility index (Phi) is 12.0. The number of carbonyl (C=O) groups is 5. The third-order valence-electron chi connectivity index (χ3n) is 15.3. The van der Waals surface area contributed by atoms with Gasteiger partial charge in [-0.1, -0.05) is 62.2 Å². The number of piperidine rings is 3. The predicted octanol–water partition coefficient (Wildman–Crippen LogP) is 7.90. The Hall–Kier alpha value is -5.70. The monoisotopic (exact) mass is 963 g/mol. The third kappa shape index (κ3) is 8.05. The minimum Gasteiger partial charge on any atom is -0.495 e. The third-order valence-corrected chi connectivity index (χ3v) is 15.8. The van der Waals surface area contributed by atoms with Crippen LogP contribution in [-0.4, -0.2) is 96.8 Å². The number of imide groups is 1. The smallest absolute Gasteiger partial charge is 0.255 e. The van der Waals surface area contributed by atoms with Crippen molar-refractivity contribution in [1.29, 1.82) is 0 Å². The fourth-order valence-corrected chi connectivity index (χ4v) is 12.5. The van der Waals surface area contributed by atoms with Gasteiger partial charge in [-0.2, -0.15) is 0 Å². The number of hydrogen-bond acceptors (Lipinski definition) is 9. The first-order valence-corrected chi connectivity index (χ1v) is 24.4. The van der Waals surface area contributed by atoms with Crippen LogP contribution in [0.25, 0.3) is 0 Å². The molecule has 0 bridgehead atoms. The molecule has 10 rings (SSSR count). The van der Waals surface area contributed by atoms with E-state index in [0.717, 1.165) is 48.3 Å². The molecule has 4 aromatic rings. The summed E-state index contributed by atoms with van der Waals surface area (Å²) in [4.78, 5) is 73.1. The highest BCUT2D eigenvalue weighted by Gasteiger charge is 2.62. The zero-order chi connectivity index (χ0) is 47.8. The number of carbonyl (C=O) groups excluding carboxylic acids is 5. The van der Waals surface area contributed by atoms with Crippen molar-refractivity contribution in [3.63, 3.8) is 0 Å². The molecule has 7 atom stereocenters. The molecule has 4 aromatic carbocycles. The van der Waals surface area contributed by atoms with Crippen LogP contribution < -0.4 is 30.9 Å². The van der Waals surface area contributed by atoms with Crippen molar-refractivity contribution in [2.24, 2.45) is 11.3 Å². The molecule has 1 spiro atoms. The number of amides is 5. The van der Waals surface area contributed by atoms with Crippen LogP contribution in [0.3, 0.4) is 0 Å². The van der Waals surface area contributed by atoms with E-state index in [9.17, 15) is 24.0 Å². The van der Waals surface area contributed by atoms with Gasteiger partial charge in [-0.3, -0.25) is 29.3 Å². The maximum Gasteiger partial charge on any atom is 0.255 e. The van der Waals surface area contributed by atoms with Crippen LogP contribution in [0, 0.1) is 17.2 Å². The molecule has 13 nitrogen and oxygen atoms in total. The summed E-state index contributed by atoms with van der Waals surface area (Å²) in [6, 6.07) is 19.6. The Morgan fingerprint density at radius 2 is 1.79 bits per heavy atom. The first-order valence-electron chi connectivity index (χ1n) is 23.6. The number of fused-ring (bicyclic) bond motifs is 4. The van der Waals surface area contributed by atoms with Crippen LogP contribution in [0.5, 0.6) is 5.75 Å². The lowest BCUT2D eigenvalue weighted by Crippen LogP contribution is -2.57. The summed E-state index contributed by atoms with van der Waals surface area (Å²) in [6.07, 6.45) is 3.95. The van der Waals surface area contributed by atoms with Gasteiger partial charge in [0.1, 0.15) is 17.6 Å². The molecule has 5 amide bonds. The molecule has 0 aliphatic carbocycles. The second-order valence-electron chi connectivity index (χ2n) is 20.5. The van der Waals surface area contributed by atoms with Crippen LogP contribution in [0.2, 0.25) is 10.0 Å². The Morgan fingerprint density at radius 3 is 2.57 bits per heavy atom. The number of rotatable bonds is 8. The normalized spacial score (nSPS) is 26.6. The van der Waals surface area contributed by atoms with Crippen LogP contribution in [-0.2, 0) is 26.3 Å². The molecule has 1 unspecified atom stereocenters. The lowest BCUT2D eigenvalue weighted by Gasteiger charge is -2.48. The molecule has 16 heteroatoms. The Labute approximate surface area is 405 Å². The van der Waals surface area contributed by atoms with Gasteiger partial charge in [0.2, 0.25) is 17.7 Å². The molecule has 0 saturated carbocycles. The second-order valence-corrected chi connectivity index (χ2v) is 21.4. The van der Waals surface area contributed by atoms with E-state index in [1.54, 1.807) is 35.2 Å². The molecule has 6 aliphatic rings. The van der Waals surface area contributed by atoms with Crippen molar-refractivity contribution in [2.45, 2.75) is 101 Å². The molecule has 68 heavy (non-hydrogen) atoms. The van der Waals surface area contributed by atoms with Gasteiger partial charge in [-0.15, -0.1) is 0 Å². The van der Waals surface area contributed by atoms with Crippen molar-refractivity contribution >= 4 is 69.8 Å². The van der Waals surface area contributed by atoms with E-state index in [4.69, 9.17) is 27.9 Å². The van der Waals surface area contributed by atoms with Gasteiger partial charge in [0.15, 0.2) is 0 Å². The highest BCUT2D eigenvalue weighted by molar-refractivity contribution is 6.31. The Morgan fingerprint density at radius 1 is 0.971 bits per heavy atom. The topological polar surface area (TPSA) is 152 Å². The lowest BCUT2D eigenvalue weighted by atomic mass is 9.63. The van der Waals surface area contributed by atoms with Crippen molar-refractivity contribution < 1.29 is 33.1 Å². The number of likely N-dealkylation sites (tertiary alicyclic amines) is 1. The van der Waals surface area contributed by atoms with Crippen LogP contribution in [0.4, 0.5) is 21.5 Å². The van der Waals surface area contributed by atoms with E-state index >= 15 is 4.39 Å². The van der Waals surface area contributed by atoms with E-state index in [-0.39, 0.29) is 59.1 Å². The average molecular weight is 965 g/mol. The van der Waals surface area contributed by atoms with E-state index in [1.807, 2.05) is 41.3 Å². The summed E-state index contributed by atoms with van der Waals surface area (Å²) in [6.45, 7) is 9.17. The molecule has 4 N–H and O–H groups in total. The zero-order valence-electron chi connectivity index (χ0n) is 38.6. The Bertz CT molecular complexity index is 2750. The van der Waals surface area contributed by atoms with Crippen molar-refractivity contribution in [3.8, 4) is 5.75 Å². The van der Waals surface area contributed by atoms with Gasteiger partial charge in [0, 0.05) is 84.0 Å². The molecular formula is C52H56Cl2FN7O6. The molecule has 0 aromatic heterocycles. The average Bonchev–Trinajstić information content (AvgIpc) is 3.96. The Balaban J connectivity index is 0.892. The van der Waals surface area contributed by atoms with Gasteiger partial charge >= 0.3 is 0 Å². The van der Waals surface area contributed by atoms with Gasteiger partial charge in [0.25, 0.3) is 11.8 Å². The van der Waals surface area contributed by atoms with E-state index in [1.165, 1.54) is 13.2 Å². The fraction of sp³-hybridized carbons (Fsp3) is 0.442. The van der Waals surface area contributed by atoms with E-state index in [2.05, 4.69) is 46.9 Å². The minimum atomic E-state index is -0.903. The van der Waals surface area contributed by atoms with E-state index in [0.29, 0.717) is 71.5 Å². The van der Waals surface area contributed by atoms with Gasteiger partial charge in [-0.25, -0.2) is 4.39 Å². The number of benzene rings is 4. The number of methoxy groups -OCH3 is 1. The molecular weight excluding hydrogens is 909 g/mol. The molecule has 356 valence electrons. The van der Waals surface area contributed by atoms with Crippen LogP contribution in [0.15, 0.2) is 72.8 Å². The second kappa shape index (κ2) is 17.7. The molecule has 4 saturated heterocycles. The summed E-state index contributed by atoms with van der Waals surface area (Å²) >= 11 is 12.9. The fourth-order valence-electron chi connectivity index (χ4n) is 12.2. The lowest BCUT2D eigenvalue weighted by molar-refractivity contribution is -0.137. The number of hydrogen-bond donors (Lipinski definition) is 4. The highest BCUT2D eigenvalue weighted by Crippen LogP contribution is 2.57. The van der Waals surface area contributed by atoms with Crippen molar-refractivity contribution in [3.05, 3.63) is 116 Å². The molecule has 0 radical (unpaired) electrons. The summed E-state index contributed by atoms with van der Waals surface area (Å²) in [5.41, 5.74) is 4.35. The van der Waals surface area contributed by atoms with Crippen molar-refractivity contribution in [1.82, 2.24) is 20.4 Å². The molecule has 6 aliphatic heterocycles. The summed E-state index contributed by atoms with van der Waals surface area (Å²) in [7, 11) is 1.50. The summed E-state index contributed by atoms with van der Waals surface area (Å²) < 4.78 is 22.3. The van der Waals surface area contributed by atoms with Gasteiger partial charge in [0.05, 0.1) is 29.9 Å². The van der Waals surface area contributed by atoms with Gasteiger partial charge < -0.3 is 35.4 Å². The van der Waals surface area contributed by atoms with Crippen molar-refractivity contribution in [2.75, 3.05) is 48.8 Å². The largest absolute Gasteiger partial charge is 0.495 e. The standard InChI is InChI=1S/C52H56Cl2FN7O6/c1-51(2,3)24-42-52(27-56-38-23-31(53)11-14-35(38)52)44(34-8-5-9-36(54)45(34)55)46(58-42)48(65)57-37-15-10-29(22-41(37)68-4)49(66)61-19-6-7-28-18-20-60(26-40(28)61)32-12-13-33-30(21-32)25-62(50(33)67)39-16-17-43(63)59-47(39)64/h5,8-15,21-23,28,39-40,42,44,46,56,58H,6-7,16-20,24-27H2,1-4H3,(H,57,65)(H,59,63,64)/t28-,39?,40+,42-,44-,46+,52-/m0/s1. The number of halogens is 3. The molecule has 6 heterocycles. The first-order chi connectivity index (χ1) is 32.5. The first kappa shape index (κ1) is 46.1. The predicted molar refractivity (Wildman–Crippen MR) is 259 cm³/mol. The number of nitrogens with zero attached hydrogens (tertiary/aromatic N) is 3. The van der Waals surface area contributed by atoms with Crippen LogP contribution >= 0.6 is 23.2 Å². The maximum atomic E-state index is 16.4. The van der Waals surface area contributed by atoms with Gasteiger partial charge in [-0.05, 0) is 115 Å². The number of nitrogens with one attached hydrogen (secondary N) is 4. The zero-order valence-corrected chi connectivity index (χ0v) is 40.1. The number of ether oxygens (including phenoxy) is 1. The van der Waals surface area contributed by atoms with E-state index < -0.39 is 35.1 Å². The quantitative estimate of drug-likeness (QED) is 0.129. The highest BCUT2D eigenvalue weighted by atomic mass is 35.5. The molecule has 4 fully saturated rings. The summed E-state index contributed by atoms with van der Waals surface area (Å²) in [5.74, 6) is -2.13. The summed E-state index contributed by atoms with van der Waals surface area (Å²) in [5, 5.41) is 13.3.